The molecule has 0 N–H and O–H groups in total. The molecular formula is C13H19IN2O2. The molecule has 0 aromatic carbocycles. The van der Waals surface area contributed by atoms with E-state index in [4.69, 9.17) is 0 Å². The fourth-order valence-corrected chi connectivity index (χ4v) is 2.49. The van der Waals surface area contributed by atoms with Gasteiger partial charge in [0.2, 0.25) is 11.8 Å². The number of rotatable bonds is 1. The summed E-state index contributed by atoms with van der Waals surface area (Å²) >= 11 is 0. The fourth-order valence-electron chi connectivity index (χ4n) is 2.49. The van der Waals surface area contributed by atoms with E-state index in [0.717, 1.165) is 17.4 Å². The smallest absolute Gasteiger partial charge is 0.230 e. The molecule has 0 aromatic heterocycles. The first-order chi connectivity index (χ1) is 8.00. The van der Waals surface area contributed by atoms with E-state index in [1.165, 1.54) is 11.3 Å². The van der Waals surface area contributed by atoms with Gasteiger partial charge < -0.3 is 28.5 Å². The van der Waals surface area contributed by atoms with Crippen LogP contribution in [0, 0.1) is 11.8 Å². The van der Waals surface area contributed by atoms with Crippen LogP contribution in [-0.4, -0.2) is 54.4 Å². The molecule has 2 saturated heterocycles. The van der Waals surface area contributed by atoms with Crippen molar-refractivity contribution in [3.05, 3.63) is 0 Å². The highest BCUT2D eigenvalue weighted by atomic mass is 127. The third-order valence-corrected chi connectivity index (χ3v) is 3.72. The van der Waals surface area contributed by atoms with E-state index in [0.29, 0.717) is 18.9 Å². The zero-order valence-corrected chi connectivity index (χ0v) is 13.1. The third kappa shape index (κ3) is 3.23. The second-order valence-corrected chi connectivity index (χ2v) is 5.36. The minimum atomic E-state index is -0.0792. The Morgan fingerprint density at radius 3 is 2.39 bits per heavy atom. The van der Waals surface area contributed by atoms with E-state index in [2.05, 4.69) is 25.9 Å². The lowest BCUT2D eigenvalue weighted by Gasteiger charge is -2.28. The van der Waals surface area contributed by atoms with Crippen LogP contribution in [0.3, 0.4) is 0 Å². The Morgan fingerprint density at radius 1 is 1.28 bits per heavy atom. The summed E-state index contributed by atoms with van der Waals surface area (Å²) in [5, 5.41) is 0. The zero-order valence-electron chi connectivity index (χ0n) is 10.9. The van der Waals surface area contributed by atoms with E-state index in [1.54, 1.807) is 0 Å². The van der Waals surface area contributed by atoms with Crippen molar-refractivity contribution in [2.45, 2.75) is 31.7 Å². The number of halogens is 1. The van der Waals surface area contributed by atoms with Crippen LogP contribution >= 0.6 is 0 Å². The summed E-state index contributed by atoms with van der Waals surface area (Å²) in [5.41, 5.74) is 0. The van der Waals surface area contributed by atoms with Crippen LogP contribution in [0.25, 0.3) is 0 Å². The van der Waals surface area contributed by atoms with Gasteiger partial charge in [0.1, 0.15) is 0 Å². The SMILES string of the molecule is C[N+]1(C)CCC[C@@H]1C#CCN1C(=O)CCC1=O.[I-]. The van der Waals surface area contributed by atoms with Gasteiger partial charge in [0.05, 0.1) is 27.2 Å². The molecule has 2 rings (SSSR count). The molecule has 2 aliphatic rings. The molecule has 0 aliphatic carbocycles. The first kappa shape index (κ1) is 15.4. The van der Waals surface area contributed by atoms with Crippen molar-refractivity contribution in [1.82, 2.24) is 4.90 Å². The molecule has 0 radical (unpaired) electrons. The number of nitrogens with zero attached hydrogens (tertiary/aromatic N) is 2. The zero-order chi connectivity index (χ0) is 12.5. The lowest BCUT2D eigenvalue weighted by molar-refractivity contribution is -0.894. The lowest BCUT2D eigenvalue weighted by Crippen LogP contribution is -3.00. The quantitative estimate of drug-likeness (QED) is 0.222. The van der Waals surface area contributed by atoms with Crippen molar-refractivity contribution in [3.8, 4) is 11.8 Å². The molecule has 2 aliphatic heterocycles. The Kier molecular flexibility index (Phi) is 5.17. The average Bonchev–Trinajstić information content (AvgIpc) is 2.74. The Labute approximate surface area is 125 Å². The number of carbonyl (C=O) groups excluding carboxylic acids is 2. The maximum absolute atomic E-state index is 11.4. The largest absolute Gasteiger partial charge is 1.00 e. The van der Waals surface area contributed by atoms with Crippen LogP contribution in [0.5, 0.6) is 0 Å². The molecule has 2 fully saturated rings. The van der Waals surface area contributed by atoms with E-state index in [9.17, 15) is 9.59 Å². The Hall–Kier alpha value is -0.610. The van der Waals surface area contributed by atoms with Gasteiger partial charge in [-0.2, -0.15) is 0 Å². The van der Waals surface area contributed by atoms with Crippen molar-refractivity contribution >= 4 is 11.8 Å². The van der Waals surface area contributed by atoms with Crippen LogP contribution in [0.15, 0.2) is 0 Å². The van der Waals surface area contributed by atoms with Crippen LogP contribution in [-0.2, 0) is 9.59 Å². The van der Waals surface area contributed by atoms with E-state index in [1.807, 2.05) is 0 Å². The normalized spacial score (nSPS) is 25.7. The molecule has 1 atom stereocenters. The number of amides is 2. The predicted octanol–water partition coefficient (Wildman–Crippen LogP) is -2.62. The Morgan fingerprint density at radius 2 is 1.89 bits per heavy atom. The number of imide groups is 1. The van der Waals surface area contributed by atoms with Gasteiger partial charge in [-0.3, -0.25) is 14.5 Å². The molecule has 4 nitrogen and oxygen atoms in total. The van der Waals surface area contributed by atoms with Gasteiger partial charge in [-0.05, 0) is 5.92 Å². The molecule has 5 heteroatoms. The summed E-state index contributed by atoms with van der Waals surface area (Å²) in [5.74, 6) is 6.06. The van der Waals surface area contributed by atoms with Crippen LogP contribution < -0.4 is 24.0 Å². The molecule has 0 saturated carbocycles. The predicted molar refractivity (Wildman–Crippen MR) is 63.7 cm³/mol. The van der Waals surface area contributed by atoms with Crippen molar-refractivity contribution in [2.24, 2.45) is 0 Å². The van der Waals surface area contributed by atoms with Crippen LogP contribution in [0.1, 0.15) is 25.7 Å². The van der Waals surface area contributed by atoms with Gasteiger partial charge in [0.15, 0.2) is 6.04 Å². The minimum Gasteiger partial charge on any atom is -1.00 e. The van der Waals surface area contributed by atoms with Crippen LogP contribution in [0.2, 0.25) is 0 Å². The highest BCUT2D eigenvalue weighted by Gasteiger charge is 2.32. The maximum atomic E-state index is 11.4. The molecule has 0 aromatic rings. The van der Waals surface area contributed by atoms with E-state index < -0.39 is 0 Å². The second kappa shape index (κ2) is 6.02. The Bertz CT molecular complexity index is 393. The molecule has 0 unspecified atom stereocenters. The molecule has 0 bridgehead atoms. The molecule has 100 valence electrons. The van der Waals surface area contributed by atoms with Crippen molar-refractivity contribution < 1.29 is 38.0 Å². The van der Waals surface area contributed by atoms with Gasteiger partial charge in [0, 0.05) is 25.7 Å². The average molecular weight is 362 g/mol. The van der Waals surface area contributed by atoms with Gasteiger partial charge in [-0.1, -0.05) is 5.92 Å². The second-order valence-electron chi connectivity index (χ2n) is 5.36. The van der Waals surface area contributed by atoms with Gasteiger partial charge in [0.25, 0.3) is 0 Å². The summed E-state index contributed by atoms with van der Waals surface area (Å²) in [6.07, 6.45) is 3.02. The molecule has 2 amide bonds. The van der Waals surface area contributed by atoms with Gasteiger partial charge >= 0.3 is 0 Å². The van der Waals surface area contributed by atoms with E-state index in [-0.39, 0.29) is 42.3 Å². The molecule has 2 heterocycles. The number of hydrogen-bond acceptors (Lipinski definition) is 2. The van der Waals surface area contributed by atoms with E-state index >= 15 is 0 Å². The number of likely N-dealkylation sites (tertiary alicyclic amines) is 2. The molecule has 18 heavy (non-hydrogen) atoms. The van der Waals surface area contributed by atoms with Gasteiger partial charge in [-0.15, -0.1) is 0 Å². The minimum absolute atomic E-state index is 0. The third-order valence-electron chi connectivity index (χ3n) is 3.72. The Balaban J connectivity index is 0.00000162. The molecule has 0 spiro atoms. The van der Waals surface area contributed by atoms with Crippen LogP contribution in [0.4, 0.5) is 0 Å². The fraction of sp³-hybridized carbons (Fsp3) is 0.692. The summed E-state index contributed by atoms with van der Waals surface area (Å²) < 4.78 is 0.925. The monoisotopic (exact) mass is 362 g/mol. The highest BCUT2D eigenvalue weighted by molar-refractivity contribution is 6.02. The lowest BCUT2D eigenvalue weighted by atomic mass is 10.2. The summed E-state index contributed by atoms with van der Waals surface area (Å²) in [7, 11) is 4.36. The summed E-state index contributed by atoms with van der Waals surface area (Å²) in [6, 6.07) is 0.350. The molecular weight excluding hydrogens is 343 g/mol. The summed E-state index contributed by atoms with van der Waals surface area (Å²) in [4.78, 5) is 24.0. The first-order valence-corrected chi connectivity index (χ1v) is 6.15. The topological polar surface area (TPSA) is 37.4 Å². The number of carbonyl (C=O) groups is 2. The maximum Gasteiger partial charge on any atom is 0.230 e. The van der Waals surface area contributed by atoms with Crippen molar-refractivity contribution in [2.75, 3.05) is 27.2 Å². The van der Waals surface area contributed by atoms with Crippen molar-refractivity contribution in [3.63, 3.8) is 0 Å². The number of quaternary nitrogens is 1. The standard InChI is InChI=1S/C13H19N2O2.HI/c1-15(2)10-4-6-11(15)5-3-9-14-12(16)7-8-13(14)17;/h11H,4,6-10H2,1-2H3;1H/q+1;/p-1/t11-;/m0./s1. The highest BCUT2D eigenvalue weighted by Crippen LogP contribution is 2.21. The van der Waals surface area contributed by atoms with Gasteiger partial charge in [-0.25, -0.2) is 0 Å². The first-order valence-electron chi connectivity index (χ1n) is 6.15. The summed E-state index contributed by atoms with van der Waals surface area (Å²) in [6.45, 7) is 1.43. The van der Waals surface area contributed by atoms with Crippen molar-refractivity contribution in [1.29, 1.82) is 0 Å². The number of hydrogen-bond donors (Lipinski definition) is 0.